The molecule has 1 saturated heterocycles. The van der Waals surface area contributed by atoms with Crippen LogP contribution in [-0.4, -0.2) is 49.5 Å². The molecular weight excluding hydrogens is 205 g/mol. The monoisotopic (exact) mass is 228 g/mol. The highest BCUT2D eigenvalue weighted by Gasteiger charge is 2.28. The Hall–Kier alpha value is -0.230. The molecule has 0 N–H and O–H groups in total. The Morgan fingerprint density at radius 1 is 1.27 bits per heavy atom. The maximum Gasteiger partial charge on any atom is 0.0907 e. The lowest BCUT2D eigenvalue weighted by atomic mass is 10.3. The molecule has 86 valence electrons. The fourth-order valence-electron chi connectivity index (χ4n) is 2.16. The van der Waals surface area contributed by atoms with Crippen molar-refractivity contribution in [3.63, 3.8) is 0 Å². The predicted octanol–water partition coefficient (Wildman–Crippen LogP) is 2.01. The van der Waals surface area contributed by atoms with E-state index in [4.69, 9.17) is 0 Å². The average molecular weight is 228 g/mol. The Balaban J connectivity index is 2.20. The van der Waals surface area contributed by atoms with Gasteiger partial charge in [0.1, 0.15) is 0 Å². The molecule has 15 heavy (non-hydrogen) atoms. The molecule has 0 aliphatic carbocycles. The van der Waals surface area contributed by atoms with Crippen molar-refractivity contribution >= 4 is 15.2 Å². The van der Waals surface area contributed by atoms with Crippen molar-refractivity contribution in [1.29, 1.82) is 0 Å². The normalized spacial score (nSPS) is 18.5. The van der Waals surface area contributed by atoms with Crippen LogP contribution in [0.1, 0.15) is 26.2 Å². The summed E-state index contributed by atoms with van der Waals surface area (Å²) in [5.41, 5.74) is 0. The number of rotatable bonds is 6. The first-order chi connectivity index (χ1) is 7.33. The topological polar surface area (TPSA) is 24.7 Å². The standard InChI is InChI=1S/C11H23N3P/c1-2-12-10-13-6-5-9-14(11-15)7-3-4-8-14/h2-9,11,15H2,1H3/q+1. The average Bonchev–Trinajstić information content (AvgIpc) is 2.73. The Kier molecular flexibility index (Phi) is 6.09. The fourth-order valence-corrected chi connectivity index (χ4v) is 2.71. The van der Waals surface area contributed by atoms with E-state index in [1.807, 2.05) is 6.92 Å². The number of likely N-dealkylation sites (tertiary alicyclic amines) is 1. The molecule has 0 amide bonds. The summed E-state index contributed by atoms with van der Waals surface area (Å²) < 4.78 is 1.28. The van der Waals surface area contributed by atoms with Gasteiger partial charge in [0.05, 0.1) is 38.5 Å². The van der Waals surface area contributed by atoms with Gasteiger partial charge in [-0.3, -0.25) is 0 Å². The molecule has 0 spiro atoms. The molecule has 1 rings (SSSR count). The quantitative estimate of drug-likeness (QED) is 0.287. The lowest BCUT2D eigenvalue weighted by molar-refractivity contribution is -0.905. The Bertz CT molecular complexity index is 228. The molecule has 0 aromatic rings. The van der Waals surface area contributed by atoms with Crippen LogP contribution in [0.5, 0.6) is 0 Å². The molecule has 1 aliphatic heterocycles. The van der Waals surface area contributed by atoms with Gasteiger partial charge in [0, 0.05) is 25.8 Å². The maximum atomic E-state index is 4.15. The highest BCUT2D eigenvalue weighted by atomic mass is 31.0. The maximum absolute atomic E-state index is 4.15. The summed E-state index contributed by atoms with van der Waals surface area (Å²) in [7, 11) is 2.90. The van der Waals surface area contributed by atoms with Gasteiger partial charge in [-0.05, 0) is 6.92 Å². The molecule has 3 nitrogen and oxygen atoms in total. The van der Waals surface area contributed by atoms with Crippen molar-refractivity contribution in [2.75, 3.05) is 39.0 Å². The zero-order valence-electron chi connectivity index (χ0n) is 9.78. The van der Waals surface area contributed by atoms with Crippen LogP contribution >= 0.6 is 9.24 Å². The van der Waals surface area contributed by atoms with E-state index in [-0.39, 0.29) is 0 Å². The second kappa shape index (κ2) is 7.11. The second-order valence-electron chi connectivity index (χ2n) is 4.21. The van der Waals surface area contributed by atoms with E-state index in [0.29, 0.717) is 0 Å². The number of quaternary nitrogens is 1. The first-order valence-corrected chi connectivity index (χ1v) is 6.78. The first kappa shape index (κ1) is 12.8. The predicted molar refractivity (Wildman–Crippen MR) is 68.6 cm³/mol. The van der Waals surface area contributed by atoms with Gasteiger partial charge >= 0.3 is 0 Å². The van der Waals surface area contributed by atoms with E-state index >= 15 is 0 Å². The van der Waals surface area contributed by atoms with Crippen LogP contribution in [-0.2, 0) is 0 Å². The van der Waals surface area contributed by atoms with E-state index in [0.717, 1.165) is 13.1 Å². The van der Waals surface area contributed by atoms with Crippen LogP contribution in [0.3, 0.4) is 0 Å². The molecule has 0 aromatic carbocycles. The van der Waals surface area contributed by atoms with Crippen molar-refractivity contribution in [3.8, 4) is 0 Å². The molecule has 1 atom stereocenters. The van der Waals surface area contributed by atoms with Crippen LogP contribution in [0.15, 0.2) is 9.98 Å². The van der Waals surface area contributed by atoms with Gasteiger partial charge in [-0.15, -0.1) is 0 Å². The van der Waals surface area contributed by atoms with Crippen LogP contribution in [0.2, 0.25) is 0 Å². The molecule has 1 heterocycles. The largest absolute Gasteiger partial charge is 0.321 e. The van der Waals surface area contributed by atoms with Crippen molar-refractivity contribution in [2.45, 2.75) is 26.2 Å². The van der Waals surface area contributed by atoms with Gasteiger partial charge < -0.3 is 4.48 Å². The summed E-state index contributed by atoms with van der Waals surface area (Å²) in [6.45, 7) is 7.65. The van der Waals surface area contributed by atoms with E-state index in [2.05, 4.69) is 25.2 Å². The summed E-state index contributed by atoms with van der Waals surface area (Å²) in [5, 5.41) is 0. The summed E-state index contributed by atoms with van der Waals surface area (Å²) in [5.74, 6) is 0. The van der Waals surface area contributed by atoms with E-state index < -0.39 is 0 Å². The van der Waals surface area contributed by atoms with E-state index in [9.17, 15) is 0 Å². The van der Waals surface area contributed by atoms with Crippen LogP contribution in [0.4, 0.5) is 0 Å². The summed E-state index contributed by atoms with van der Waals surface area (Å²) in [6.07, 6.45) is 5.16. The minimum atomic E-state index is 0.787. The van der Waals surface area contributed by atoms with Crippen molar-refractivity contribution < 1.29 is 4.48 Å². The molecule has 0 saturated carbocycles. The van der Waals surface area contributed by atoms with Gasteiger partial charge in [-0.2, -0.15) is 0 Å². The first-order valence-electron chi connectivity index (χ1n) is 5.96. The number of hydrogen-bond acceptors (Lipinski definition) is 2. The Morgan fingerprint density at radius 3 is 2.60 bits per heavy atom. The third-order valence-corrected chi connectivity index (χ3v) is 3.88. The fraction of sp³-hybridized carbons (Fsp3) is 0.909. The van der Waals surface area contributed by atoms with Crippen molar-refractivity contribution in [2.24, 2.45) is 9.98 Å². The molecule has 1 aliphatic rings. The number of aliphatic imine (C=N–C) groups is 2. The minimum Gasteiger partial charge on any atom is -0.321 e. The molecule has 1 unspecified atom stereocenters. The third-order valence-electron chi connectivity index (χ3n) is 3.10. The Morgan fingerprint density at radius 2 is 2.00 bits per heavy atom. The van der Waals surface area contributed by atoms with E-state index in [1.165, 1.54) is 49.7 Å². The van der Waals surface area contributed by atoms with Gasteiger partial charge in [0.2, 0.25) is 0 Å². The number of nitrogens with zero attached hydrogens (tertiary/aromatic N) is 3. The smallest absolute Gasteiger partial charge is 0.0907 e. The van der Waals surface area contributed by atoms with Gasteiger partial charge in [0.25, 0.3) is 0 Å². The molecule has 0 radical (unpaired) electrons. The molecule has 4 heteroatoms. The number of hydrogen-bond donors (Lipinski definition) is 0. The SMILES string of the molecule is CCN=C=NCCC[N+]1(CP)CCCC1. The summed E-state index contributed by atoms with van der Waals surface area (Å²) in [4.78, 5) is 8.11. The van der Waals surface area contributed by atoms with Crippen molar-refractivity contribution in [3.05, 3.63) is 0 Å². The van der Waals surface area contributed by atoms with Gasteiger partial charge in [-0.1, -0.05) is 9.24 Å². The third kappa shape index (κ3) is 4.42. The lowest BCUT2D eigenvalue weighted by Crippen LogP contribution is -2.44. The highest BCUT2D eigenvalue weighted by Crippen LogP contribution is 2.21. The molecular formula is C11H23N3P+. The molecule has 0 bridgehead atoms. The Labute approximate surface area is 95.5 Å². The zero-order chi connectivity index (χ0) is 11.0. The van der Waals surface area contributed by atoms with Crippen LogP contribution < -0.4 is 0 Å². The van der Waals surface area contributed by atoms with Crippen LogP contribution in [0.25, 0.3) is 0 Å². The highest BCUT2D eigenvalue weighted by molar-refractivity contribution is 7.16. The zero-order valence-corrected chi connectivity index (χ0v) is 10.9. The van der Waals surface area contributed by atoms with Gasteiger partial charge in [0.15, 0.2) is 0 Å². The van der Waals surface area contributed by atoms with Gasteiger partial charge in [-0.25, -0.2) is 9.98 Å². The van der Waals surface area contributed by atoms with Crippen LogP contribution in [0, 0.1) is 0 Å². The minimum absolute atomic E-state index is 0.787. The van der Waals surface area contributed by atoms with Crippen molar-refractivity contribution in [1.82, 2.24) is 0 Å². The molecule has 1 fully saturated rings. The summed E-state index contributed by atoms with van der Waals surface area (Å²) in [6, 6.07) is 2.73. The summed E-state index contributed by atoms with van der Waals surface area (Å²) >= 11 is 0. The lowest BCUT2D eigenvalue weighted by Gasteiger charge is -2.32. The van der Waals surface area contributed by atoms with E-state index in [1.54, 1.807) is 0 Å². The molecule has 0 aromatic heterocycles. The second-order valence-corrected chi connectivity index (χ2v) is 4.58.